The fraction of sp³-hybridized carbons (Fsp3) is 0.214. The minimum absolute atomic E-state index is 0.0910. The number of nitrogens with two attached hydrogens (primary N) is 1. The van der Waals surface area contributed by atoms with Crippen molar-refractivity contribution in [1.82, 2.24) is 0 Å². The molecule has 0 fully saturated rings. The predicted molar refractivity (Wildman–Crippen MR) is 78.9 cm³/mol. The number of ketones is 1. The topological polar surface area (TPSA) is 43.1 Å². The number of Topliss-reactive ketones (excluding diaryl/α,β-unsaturated/α-hetero) is 1. The maximum Gasteiger partial charge on any atom is 0.178 e. The number of carbonyl (C=O) groups excluding carboxylic acids is 1. The second-order valence-corrected chi connectivity index (χ2v) is 5.96. The Morgan fingerprint density at radius 3 is 2.50 bits per heavy atom. The van der Waals surface area contributed by atoms with Crippen LogP contribution >= 0.6 is 27.3 Å². The molecule has 2 aromatic rings. The Labute approximate surface area is 119 Å². The van der Waals surface area contributed by atoms with E-state index in [1.807, 2.05) is 48.7 Å². The molecule has 2 rings (SSSR count). The molecule has 0 amide bonds. The molecule has 0 spiro atoms. The molecule has 2 nitrogen and oxygen atoms in total. The highest BCUT2D eigenvalue weighted by molar-refractivity contribution is 9.10. The maximum atomic E-state index is 12.3. The summed E-state index contributed by atoms with van der Waals surface area (Å²) in [5, 5.41) is 1.90. The van der Waals surface area contributed by atoms with Crippen molar-refractivity contribution in [3.05, 3.63) is 56.7 Å². The van der Waals surface area contributed by atoms with Crippen molar-refractivity contribution in [3.8, 4) is 0 Å². The van der Waals surface area contributed by atoms with Crippen LogP contribution in [0.5, 0.6) is 0 Å². The molecule has 2 N–H and O–H groups in total. The van der Waals surface area contributed by atoms with Gasteiger partial charge in [0.05, 0.1) is 4.88 Å². The lowest BCUT2D eigenvalue weighted by Gasteiger charge is -2.18. The van der Waals surface area contributed by atoms with E-state index in [1.165, 1.54) is 11.3 Å². The van der Waals surface area contributed by atoms with Crippen LogP contribution in [0.15, 0.2) is 46.3 Å². The number of benzene rings is 1. The first-order chi connectivity index (χ1) is 8.61. The molecule has 0 saturated carbocycles. The van der Waals surface area contributed by atoms with Crippen LogP contribution in [0.2, 0.25) is 0 Å². The molecule has 94 valence electrons. The summed E-state index contributed by atoms with van der Waals surface area (Å²) >= 11 is 4.84. The van der Waals surface area contributed by atoms with Crippen LogP contribution < -0.4 is 5.73 Å². The van der Waals surface area contributed by atoms with Crippen molar-refractivity contribution < 1.29 is 4.79 Å². The average molecular weight is 324 g/mol. The van der Waals surface area contributed by atoms with Crippen LogP contribution in [0.3, 0.4) is 0 Å². The second kappa shape index (κ2) is 5.78. The summed E-state index contributed by atoms with van der Waals surface area (Å²) in [6, 6.07) is 11.3. The molecular formula is C14H14BrNOS. The van der Waals surface area contributed by atoms with E-state index in [1.54, 1.807) is 0 Å². The van der Waals surface area contributed by atoms with Gasteiger partial charge >= 0.3 is 0 Å². The highest BCUT2D eigenvalue weighted by Crippen LogP contribution is 2.29. The standard InChI is InChI=1S/C14H14BrNOS/c1-9(12(16)10-5-3-2-4-6-10)13(17)14-11(15)7-8-18-14/h2-9,12H,16H2,1H3. The molecule has 4 heteroatoms. The summed E-state index contributed by atoms with van der Waals surface area (Å²) < 4.78 is 0.851. The Kier molecular flexibility index (Phi) is 4.32. The summed E-state index contributed by atoms with van der Waals surface area (Å²) in [7, 11) is 0. The second-order valence-electron chi connectivity index (χ2n) is 4.19. The number of carbonyl (C=O) groups is 1. The zero-order valence-corrected chi connectivity index (χ0v) is 12.4. The Bertz CT molecular complexity index is 538. The van der Waals surface area contributed by atoms with E-state index in [0.717, 1.165) is 14.9 Å². The van der Waals surface area contributed by atoms with Gasteiger partial charge in [-0.1, -0.05) is 37.3 Å². The summed E-state index contributed by atoms with van der Waals surface area (Å²) in [5.74, 6) is -0.143. The number of halogens is 1. The lowest BCUT2D eigenvalue weighted by atomic mass is 9.91. The lowest BCUT2D eigenvalue weighted by Crippen LogP contribution is -2.25. The van der Waals surface area contributed by atoms with E-state index in [0.29, 0.717) is 0 Å². The first kappa shape index (κ1) is 13.5. The van der Waals surface area contributed by atoms with Crippen molar-refractivity contribution in [2.24, 2.45) is 11.7 Å². The van der Waals surface area contributed by atoms with Crippen LogP contribution in [0.25, 0.3) is 0 Å². The van der Waals surface area contributed by atoms with Crippen LogP contribution in [-0.2, 0) is 0 Å². The molecule has 0 aliphatic carbocycles. The van der Waals surface area contributed by atoms with Crippen LogP contribution in [0.4, 0.5) is 0 Å². The fourth-order valence-corrected chi connectivity index (χ4v) is 3.41. The third-order valence-electron chi connectivity index (χ3n) is 2.98. The van der Waals surface area contributed by atoms with E-state index in [9.17, 15) is 4.79 Å². The highest BCUT2D eigenvalue weighted by Gasteiger charge is 2.25. The van der Waals surface area contributed by atoms with Crippen molar-refractivity contribution in [2.45, 2.75) is 13.0 Å². The molecule has 18 heavy (non-hydrogen) atoms. The number of hydrogen-bond donors (Lipinski definition) is 1. The number of rotatable bonds is 4. The van der Waals surface area contributed by atoms with Gasteiger partial charge in [-0.2, -0.15) is 0 Å². The van der Waals surface area contributed by atoms with Crippen molar-refractivity contribution in [2.75, 3.05) is 0 Å². The Balaban J connectivity index is 2.20. The molecule has 2 atom stereocenters. The summed E-state index contributed by atoms with van der Waals surface area (Å²) in [5.41, 5.74) is 7.16. The molecule has 0 saturated heterocycles. The smallest absolute Gasteiger partial charge is 0.178 e. The van der Waals surface area contributed by atoms with Gasteiger partial charge in [0, 0.05) is 16.4 Å². The van der Waals surface area contributed by atoms with E-state index in [-0.39, 0.29) is 17.7 Å². The van der Waals surface area contributed by atoms with Gasteiger partial charge in [-0.15, -0.1) is 11.3 Å². The van der Waals surface area contributed by atoms with E-state index in [4.69, 9.17) is 5.73 Å². The van der Waals surface area contributed by atoms with E-state index >= 15 is 0 Å². The maximum absolute atomic E-state index is 12.3. The van der Waals surface area contributed by atoms with Gasteiger partial charge in [0.2, 0.25) is 0 Å². The quantitative estimate of drug-likeness (QED) is 0.863. The number of hydrogen-bond acceptors (Lipinski definition) is 3. The molecule has 1 aromatic carbocycles. The molecule has 0 aliphatic heterocycles. The minimum atomic E-state index is -0.271. The van der Waals surface area contributed by atoms with Gasteiger partial charge in [-0.3, -0.25) is 4.79 Å². The number of thiophene rings is 1. The van der Waals surface area contributed by atoms with E-state index in [2.05, 4.69) is 15.9 Å². The van der Waals surface area contributed by atoms with Gasteiger partial charge < -0.3 is 5.73 Å². The first-order valence-corrected chi connectivity index (χ1v) is 7.36. The molecule has 0 bridgehead atoms. The van der Waals surface area contributed by atoms with Crippen molar-refractivity contribution in [1.29, 1.82) is 0 Å². The van der Waals surface area contributed by atoms with Crippen LogP contribution in [0, 0.1) is 5.92 Å². The molecular weight excluding hydrogens is 310 g/mol. The zero-order chi connectivity index (χ0) is 13.1. The highest BCUT2D eigenvalue weighted by atomic mass is 79.9. The summed E-state index contributed by atoms with van der Waals surface area (Å²) in [6.45, 7) is 1.88. The first-order valence-electron chi connectivity index (χ1n) is 5.69. The van der Waals surface area contributed by atoms with E-state index < -0.39 is 0 Å². The predicted octanol–water partition coefficient (Wildman–Crippen LogP) is 4.03. The van der Waals surface area contributed by atoms with Crippen molar-refractivity contribution >= 4 is 33.0 Å². The van der Waals surface area contributed by atoms with Crippen LogP contribution in [-0.4, -0.2) is 5.78 Å². The van der Waals surface area contributed by atoms with Gasteiger partial charge in [-0.25, -0.2) is 0 Å². The largest absolute Gasteiger partial charge is 0.323 e. The Morgan fingerprint density at radius 2 is 1.94 bits per heavy atom. The average Bonchev–Trinajstić information content (AvgIpc) is 2.83. The minimum Gasteiger partial charge on any atom is -0.323 e. The Morgan fingerprint density at radius 1 is 1.28 bits per heavy atom. The molecule has 0 aliphatic rings. The van der Waals surface area contributed by atoms with Gasteiger partial charge in [0.25, 0.3) is 0 Å². The molecule has 0 radical (unpaired) electrons. The fourth-order valence-electron chi connectivity index (χ4n) is 1.80. The molecule has 1 heterocycles. The Hall–Kier alpha value is -0.970. The van der Waals surface area contributed by atoms with Crippen LogP contribution in [0.1, 0.15) is 28.2 Å². The lowest BCUT2D eigenvalue weighted by molar-refractivity contribution is 0.0916. The molecule has 1 aromatic heterocycles. The monoisotopic (exact) mass is 323 g/mol. The van der Waals surface area contributed by atoms with Gasteiger partial charge in [0.15, 0.2) is 5.78 Å². The zero-order valence-electron chi connectivity index (χ0n) is 9.97. The normalized spacial score (nSPS) is 14.2. The third kappa shape index (κ3) is 2.71. The van der Waals surface area contributed by atoms with Gasteiger partial charge in [-0.05, 0) is 32.9 Å². The summed E-state index contributed by atoms with van der Waals surface area (Å²) in [6.07, 6.45) is 0. The summed E-state index contributed by atoms with van der Waals surface area (Å²) in [4.78, 5) is 13.1. The molecule has 2 unspecified atom stereocenters. The van der Waals surface area contributed by atoms with Crippen molar-refractivity contribution in [3.63, 3.8) is 0 Å². The SMILES string of the molecule is CC(C(=O)c1sccc1Br)C(N)c1ccccc1. The van der Waals surface area contributed by atoms with Gasteiger partial charge in [0.1, 0.15) is 0 Å². The third-order valence-corrected chi connectivity index (χ3v) is 4.83.